The molecule has 4 heterocycles. The molecule has 0 aliphatic carbocycles. The molecule has 238 valence electrons. The Balaban J connectivity index is 1.32. The molecule has 2 aromatic heterocycles. The van der Waals surface area contributed by atoms with E-state index in [0.29, 0.717) is 5.56 Å². The number of carbonyl (C=O) groups excluding carboxylic acids is 2. The molecular weight excluding hydrogens is 617 g/mol. The Hall–Kier alpha value is -3.24. The highest BCUT2D eigenvalue weighted by Gasteiger charge is 2.64. The Morgan fingerprint density at radius 2 is 2.02 bits per heavy atom. The lowest BCUT2D eigenvalue weighted by Crippen LogP contribution is -2.40. The first-order valence-electron chi connectivity index (χ1n) is 13.7. The number of nitrogens with one attached hydrogen (secondary N) is 3. The number of anilines is 1. The molecule has 0 bridgehead atoms. The van der Waals surface area contributed by atoms with E-state index in [1.807, 2.05) is 30.3 Å². The first kappa shape index (κ1) is 32.2. The molecule has 5 atom stereocenters. The first-order chi connectivity index (χ1) is 20.8. The molecule has 0 amide bonds. The van der Waals surface area contributed by atoms with Crippen molar-refractivity contribution in [1.82, 2.24) is 20.0 Å². The number of hydrogen-bond donors (Lipinski definition) is 5. The maximum absolute atomic E-state index is 13.9. The van der Waals surface area contributed by atoms with Gasteiger partial charge in [0.2, 0.25) is 5.95 Å². The van der Waals surface area contributed by atoms with Crippen LogP contribution >= 0.6 is 19.5 Å². The summed E-state index contributed by atoms with van der Waals surface area (Å²) in [4.78, 5) is 46.5. The van der Waals surface area contributed by atoms with Gasteiger partial charge in [0.25, 0.3) is 5.56 Å². The molecule has 44 heavy (non-hydrogen) atoms. The van der Waals surface area contributed by atoms with E-state index >= 15 is 0 Å². The third kappa shape index (κ3) is 6.56. The SMILES string of the molecule is CC(C)(CO)C(=O)SCCOP(=O)(NCc1ccccc1)OC[C@H]1O[C@@H](c2c[nH]c3c(=O)[nH]c(N)nc23)C2(C)OC(=O)O[C@@H]12. The lowest BCUT2D eigenvalue weighted by molar-refractivity contribution is -0.119. The first-order valence-corrected chi connectivity index (χ1v) is 16.3. The Bertz CT molecular complexity index is 1630. The standard InChI is InChI=1S/C27H34N5O10PS/c1-26(2,14-33)23(35)44-10-9-38-43(37,30-11-15-7-5-4-6-8-15)39-13-17-21-27(3,42-25(36)41-21)20(40-17)16-12-29-19-18(16)31-24(28)32-22(19)34/h4-8,12,17,20-21,29,33H,9-11,13-14H2,1-3H3,(H,30,37)(H3,28,31,32,34)/t17-,20+,21+,27?,43?/m1/s1. The van der Waals surface area contributed by atoms with Crippen molar-refractivity contribution in [3.63, 3.8) is 0 Å². The van der Waals surface area contributed by atoms with Gasteiger partial charge in [-0.25, -0.2) is 19.4 Å². The molecule has 2 unspecified atom stereocenters. The number of carbonyl (C=O) groups is 2. The number of aromatic amines is 2. The van der Waals surface area contributed by atoms with Gasteiger partial charge in [-0.3, -0.25) is 23.6 Å². The molecule has 5 rings (SSSR count). The van der Waals surface area contributed by atoms with Crippen LogP contribution in [0.1, 0.15) is 38.0 Å². The molecule has 2 aliphatic rings. The lowest BCUT2D eigenvalue weighted by Gasteiger charge is -2.24. The van der Waals surface area contributed by atoms with Gasteiger partial charge in [-0.2, -0.15) is 0 Å². The molecule has 2 saturated heterocycles. The second-order valence-electron chi connectivity index (χ2n) is 11.2. The second kappa shape index (κ2) is 12.6. The van der Waals surface area contributed by atoms with Crippen molar-refractivity contribution >= 4 is 47.8 Å². The Morgan fingerprint density at radius 3 is 2.75 bits per heavy atom. The Morgan fingerprint density at radius 1 is 1.27 bits per heavy atom. The van der Waals surface area contributed by atoms with Gasteiger partial charge in [0.15, 0.2) is 16.8 Å². The van der Waals surface area contributed by atoms with Gasteiger partial charge in [0, 0.05) is 24.1 Å². The number of H-pyrrole nitrogens is 2. The van der Waals surface area contributed by atoms with Gasteiger partial charge >= 0.3 is 13.9 Å². The highest BCUT2D eigenvalue weighted by molar-refractivity contribution is 8.13. The van der Waals surface area contributed by atoms with Crippen LogP contribution in [0.2, 0.25) is 0 Å². The summed E-state index contributed by atoms with van der Waals surface area (Å²) in [7, 11) is -4.02. The summed E-state index contributed by atoms with van der Waals surface area (Å²) < 4.78 is 42.7. The number of hydrogen-bond acceptors (Lipinski definition) is 13. The van der Waals surface area contributed by atoms with Gasteiger partial charge in [-0.15, -0.1) is 0 Å². The highest BCUT2D eigenvalue weighted by Crippen LogP contribution is 2.52. The van der Waals surface area contributed by atoms with Crippen molar-refractivity contribution in [1.29, 1.82) is 0 Å². The van der Waals surface area contributed by atoms with Gasteiger partial charge in [-0.05, 0) is 26.3 Å². The fourth-order valence-corrected chi connectivity index (χ4v) is 7.15. The second-order valence-corrected chi connectivity index (χ2v) is 14.1. The van der Waals surface area contributed by atoms with Crippen LogP contribution in [0.5, 0.6) is 0 Å². The van der Waals surface area contributed by atoms with E-state index in [1.54, 1.807) is 20.8 Å². The van der Waals surface area contributed by atoms with Crippen molar-refractivity contribution in [2.24, 2.45) is 5.41 Å². The minimum Gasteiger partial charge on any atom is -0.424 e. The van der Waals surface area contributed by atoms with Crippen LogP contribution < -0.4 is 16.4 Å². The van der Waals surface area contributed by atoms with E-state index in [0.717, 1.165) is 17.3 Å². The molecule has 2 fully saturated rings. The molecule has 3 aromatic rings. The van der Waals surface area contributed by atoms with E-state index in [4.69, 9.17) is 29.0 Å². The topological polar surface area (TPSA) is 217 Å². The number of nitrogen functional groups attached to an aromatic ring is 1. The zero-order valence-corrected chi connectivity index (χ0v) is 25.9. The summed E-state index contributed by atoms with van der Waals surface area (Å²) in [5.41, 5.74) is 4.61. The third-order valence-electron chi connectivity index (χ3n) is 7.38. The highest BCUT2D eigenvalue weighted by atomic mass is 32.2. The number of aliphatic hydroxyl groups excluding tert-OH is 1. The van der Waals surface area contributed by atoms with Crippen LogP contribution in [0, 0.1) is 5.41 Å². The van der Waals surface area contributed by atoms with E-state index < -0.39 is 48.8 Å². The van der Waals surface area contributed by atoms with Gasteiger partial charge in [-0.1, -0.05) is 42.1 Å². The largest absolute Gasteiger partial charge is 0.509 e. The fourth-order valence-electron chi connectivity index (χ4n) is 4.91. The minimum atomic E-state index is -4.02. The maximum Gasteiger partial charge on any atom is 0.509 e. The number of ether oxygens (including phenoxy) is 3. The summed E-state index contributed by atoms with van der Waals surface area (Å²) in [6, 6.07) is 9.18. The van der Waals surface area contributed by atoms with Crippen molar-refractivity contribution in [3.8, 4) is 0 Å². The summed E-state index contributed by atoms with van der Waals surface area (Å²) in [5.74, 6) is 0.0528. The summed E-state index contributed by atoms with van der Waals surface area (Å²) in [6.07, 6.45) is -2.29. The normalized spacial score (nSPS) is 24.5. The van der Waals surface area contributed by atoms with Gasteiger partial charge in [0.1, 0.15) is 23.2 Å². The van der Waals surface area contributed by atoms with Crippen molar-refractivity contribution in [3.05, 3.63) is 58.0 Å². The third-order valence-corrected chi connectivity index (χ3v) is 10.1. The molecular formula is C27H34N5O10PS. The van der Waals surface area contributed by atoms with Crippen LogP contribution in [-0.2, 0) is 39.2 Å². The number of nitrogens with zero attached hydrogens (tertiary/aromatic N) is 1. The van der Waals surface area contributed by atoms with Crippen molar-refractivity contribution in [2.75, 3.05) is 31.3 Å². The Kier molecular flexibility index (Phi) is 9.23. The molecule has 17 heteroatoms. The predicted molar refractivity (Wildman–Crippen MR) is 160 cm³/mol. The Labute approximate surface area is 256 Å². The molecule has 0 spiro atoms. The quantitative estimate of drug-likeness (QED) is 0.102. The summed E-state index contributed by atoms with van der Waals surface area (Å²) >= 11 is 0.951. The van der Waals surface area contributed by atoms with Crippen LogP contribution in [0.25, 0.3) is 11.0 Å². The van der Waals surface area contributed by atoms with Crippen LogP contribution in [-0.4, -0.2) is 74.7 Å². The summed E-state index contributed by atoms with van der Waals surface area (Å²) in [6.45, 7) is 4.26. The molecule has 0 saturated carbocycles. The molecule has 1 aromatic carbocycles. The molecule has 0 radical (unpaired) electrons. The van der Waals surface area contributed by atoms with E-state index in [9.17, 15) is 24.1 Å². The number of aromatic nitrogens is 3. The molecule has 2 aliphatic heterocycles. The van der Waals surface area contributed by atoms with Crippen LogP contribution in [0.15, 0.2) is 41.3 Å². The zero-order chi connectivity index (χ0) is 31.7. The number of fused-ring (bicyclic) bond motifs is 2. The van der Waals surface area contributed by atoms with E-state index in [2.05, 4.69) is 20.0 Å². The molecule has 15 nitrogen and oxygen atoms in total. The number of rotatable bonds is 13. The number of thioether (sulfide) groups is 1. The zero-order valence-electron chi connectivity index (χ0n) is 24.2. The van der Waals surface area contributed by atoms with Gasteiger partial charge < -0.3 is 30.0 Å². The predicted octanol–water partition coefficient (Wildman–Crippen LogP) is 2.78. The van der Waals surface area contributed by atoms with E-state index in [-0.39, 0.29) is 54.2 Å². The minimum absolute atomic E-state index is 0.107. The molecule has 6 N–H and O–H groups in total. The van der Waals surface area contributed by atoms with Crippen LogP contribution in [0.3, 0.4) is 0 Å². The lowest BCUT2D eigenvalue weighted by atomic mass is 9.89. The number of benzene rings is 1. The summed E-state index contributed by atoms with van der Waals surface area (Å²) in [5, 5.41) is 12.0. The average Bonchev–Trinajstić information content (AvgIpc) is 3.62. The number of aliphatic hydroxyl groups is 1. The van der Waals surface area contributed by atoms with Crippen molar-refractivity contribution < 1.29 is 42.5 Å². The van der Waals surface area contributed by atoms with Crippen LogP contribution in [0.4, 0.5) is 10.7 Å². The van der Waals surface area contributed by atoms with Crippen molar-refractivity contribution in [2.45, 2.75) is 51.2 Å². The smallest absolute Gasteiger partial charge is 0.424 e. The van der Waals surface area contributed by atoms with E-state index in [1.165, 1.54) is 6.20 Å². The van der Waals surface area contributed by atoms with Gasteiger partial charge in [0.05, 0.1) is 25.2 Å². The average molecular weight is 652 g/mol. The monoisotopic (exact) mass is 651 g/mol. The fraction of sp³-hybridized carbons (Fsp3) is 0.481. The number of nitrogens with two attached hydrogens (primary N) is 1. The maximum atomic E-state index is 13.9.